The number of thiocarbonyl (C=S) groups is 1. The summed E-state index contributed by atoms with van der Waals surface area (Å²) < 4.78 is 0. The van der Waals surface area contributed by atoms with Crippen LogP contribution < -0.4 is 10.6 Å². The molecule has 0 fully saturated rings. The SMILES string of the molecule is CCCCCCCNC(=S)Nc1c(CC)cccc1CC. The first kappa shape index (κ1) is 18.0. The maximum absolute atomic E-state index is 5.43. The fourth-order valence-corrected chi connectivity index (χ4v) is 2.70. The zero-order valence-corrected chi connectivity index (χ0v) is 14.6. The first-order valence-electron chi connectivity index (χ1n) is 8.38. The molecule has 1 aromatic rings. The van der Waals surface area contributed by atoms with E-state index in [1.807, 2.05) is 0 Å². The average Bonchev–Trinajstić information content (AvgIpc) is 2.51. The molecule has 2 N–H and O–H groups in total. The van der Waals surface area contributed by atoms with Gasteiger partial charge in [0.2, 0.25) is 0 Å². The van der Waals surface area contributed by atoms with Gasteiger partial charge in [-0.15, -0.1) is 0 Å². The normalized spacial score (nSPS) is 10.4. The van der Waals surface area contributed by atoms with Crippen LogP contribution in [-0.4, -0.2) is 11.7 Å². The Balaban J connectivity index is 2.44. The van der Waals surface area contributed by atoms with Gasteiger partial charge >= 0.3 is 0 Å². The van der Waals surface area contributed by atoms with E-state index in [-0.39, 0.29) is 0 Å². The average molecular weight is 307 g/mol. The molecule has 0 radical (unpaired) electrons. The van der Waals surface area contributed by atoms with Crippen LogP contribution in [0, 0.1) is 0 Å². The molecule has 0 aliphatic heterocycles. The smallest absolute Gasteiger partial charge is 0.170 e. The Bertz CT molecular complexity index is 407. The number of anilines is 1. The molecule has 0 aliphatic carbocycles. The summed E-state index contributed by atoms with van der Waals surface area (Å²) in [5, 5.41) is 7.49. The van der Waals surface area contributed by atoms with Gasteiger partial charge in [-0.2, -0.15) is 0 Å². The van der Waals surface area contributed by atoms with Crippen LogP contribution in [0.15, 0.2) is 18.2 Å². The molecule has 0 amide bonds. The molecule has 0 unspecified atom stereocenters. The van der Waals surface area contributed by atoms with Crippen molar-refractivity contribution in [2.45, 2.75) is 65.7 Å². The van der Waals surface area contributed by atoms with Gasteiger partial charge in [0.15, 0.2) is 5.11 Å². The Morgan fingerprint density at radius 3 is 2.14 bits per heavy atom. The van der Waals surface area contributed by atoms with Crippen molar-refractivity contribution in [3.63, 3.8) is 0 Å². The molecule has 0 bridgehead atoms. The van der Waals surface area contributed by atoms with Crippen LogP contribution in [0.4, 0.5) is 5.69 Å². The van der Waals surface area contributed by atoms with Crippen molar-refractivity contribution < 1.29 is 0 Å². The highest BCUT2D eigenvalue weighted by atomic mass is 32.1. The van der Waals surface area contributed by atoms with Crippen LogP contribution in [0.5, 0.6) is 0 Å². The molecule has 3 heteroatoms. The number of hydrogen-bond donors (Lipinski definition) is 2. The lowest BCUT2D eigenvalue weighted by Gasteiger charge is -2.17. The summed E-state index contributed by atoms with van der Waals surface area (Å²) in [5.41, 5.74) is 3.87. The lowest BCUT2D eigenvalue weighted by Crippen LogP contribution is -2.30. The van der Waals surface area contributed by atoms with Gasteiger partial charge in [0.25, 0.3) is 0 Å². The highest BCUT2D eigenvalue weighted by molar-refractivity contribution is 7.80. The fourth-order valence-electron chi connectivity index (χ4n) is 2.49. The fraction of sp³-hybridized carbons (Fsp3) is 0.611. The van der Waals surface area contributed by atoms with Crippen molar-refractivity contribution in [1.29, 1.82) is 0 Å². The predicted octanol–water partition coefficient (Wildman–Crippen LogP) is 5.07. The third kappa shape index (κ3) is 6.47. The molecular formula is C18H30N2S. The molecule has 118 valence electrons. The topological polar surface area (TPSA) is 24.1 Å². The number of hydrogen-bond acceptors (Lipinski definition) is 1. The zero-order chi connectivity index (χ0) is 15.5. The molecule has 0 aromatic heterocycles. The van der Waals surface area contributed by atoms with Gasteiger partial charge in [-0.05, 0) is 42.6 Å². The Hall–Kier alpha value is -1.09. The third-order valence-electron chi connectivity index (χ3n) is 3.80. The lowest BCUT2D eigenvalue weighted by atomic mass is 10.0. The third-order valence-corrected chi connectivity index (χ3v) is 4.05. The van der Waals surface area contributed by atoms with Crippen molar-refractivity contribution in [2.24, 2.45) is 0 Å². The monoisotopic (exact) mass is 306 g/mol. The van der Waals surface area contributed by atoms with Crippen molar-refractivity contribution >= 4 is 23.0 Å². The summed E-state index contributed by atoms with van der Waals surface area (Å²) in [7, 11) is 0. The highest BCUT2D eigenvalue weighted by Crippen LogP contribution is 2.22. The van der Waals surface area contributed by atoms with Gasteiger partial charge in [-0.1, -0.05) is 64.7 Å². The molecule has 0 saturated heterocycles. The van der Waals surface area contributed by atoms with E-state index < -0.39 is 0 Å². The number of nitrogens with one attached hydrogen (secondary N) is 2. The summed E-state index contributed by atoms with van der Waals surface area (Å²) in [4.78, 5) is 0. The Kier molecular flexibility index (Phi) is 9.07. The van der Waals surface area contributed by atoms with Gasteiger partial charge < -0.3 is 10.6 Å². The van der Waals surface area contributed by atoms with E-state index in [2.05, 4.69) is 49.6 Å². The van der Waals surface area contributed by atoms with E-state index in [1.54, 1.807) is 0 Å². The van der Waals surface area contributed by atoms with E-state index >= 15 is 0 Å². The van der Waals surface area contributed by atoms with Crippen molar-refractivity contribution in [2.75, 3.05) is 11.9 Å². The van der Waals surface area contributed by atoms with E-state index in [1.165, 1.54) is 48.9 Å². The Labute approximate surface area is 135 Å². The van der Waals surface area contributed by atoms with Gasteiger partial charge in [0.05, 0.1) is 0 Å². The van der Waals surface area contributed by atoms with Crippen LogP contribution in [0.2, 0.25) is 0 Å². The minimum absolute atomic E-state index is 0.751. The zero-order valence-electron chi connectivity index (χ0n) is 13.8. The van der Waals surface area contributed by atoms with E-state index in [4.69, 9.17) is 12.2 Å². The maximum atomic E-state index is 5.43. The molecule has 0 atom stereocenters. The molecule has 2 nitrogen and oxygen atoms in total. The second-order valence-corrected chi connectivity index (χ2v) is 5.86. The quantitative estimate of drug-likeness (QED) is 0.492. The summed E-state index contributed by atoms with van der Waals surface area (Å²) in [5.74, 6) is 0. The number of para-hydroxylation sites is 1. The standard InChI is InChI=1S/C18H30N2S/c1-4-7-8-9-10-14-19-18(21)20-17-15(5-2)12-11-13-16(17)6-3/h11-13H,4-10,14H2,1-3H3,(H2,19,20,21). The second kappa shape index (κ2) is 10.6. The molecule has 0 saturated carbocycles. The number of benzene rings is 1. The molecule has 0 heterocycles. The van der Waals surface area contributed by atoms with Crippen LogP contribution >= 0.6 is 12.2 Å². The molecule has 21 heavy (non-hydrogen) atoms. The molecule has 1 rings (SSSR count). The predicted molar refractivity (Wildman–Crippen MR) is 98.2 cm³/mol. The van der Waals surface area contributed by atoms with Gasteiger partial charge in [-0.3, -0.25) is 0 Å². The van der Waals surface area contributed by atoms with E-state index in [0.29, 0.717) is 0 Å². The summed E-state index contributed by atoms with van der Waals surface area (Å²) in [6.07, 6.45) is 8.49. The summed E-state index contributed by atoms with van der Waals surface area (Å²) in [6.45, 7) is 7.58. The van der Waals surface area contributed by atoms with Crippen LogP contribution in [-0.2, 0) is 12.8 Å². The lowest BCUT2D eigenvalue weighted by molar-refractivity contribution is 0.625. The van der Waals surface area contributed by atoms with Crippen LogP contribution in [0.25, 0.3) is 0 Å². The second-order valence-electron chi connectivity index (χ2n) is 5.45. The molecule has 1 aromatic carbocycles. The minimum atomic E-state index is 0.751. The van der Waals surface area contributed by atoms with E-state index in [9.17, 15) is 0 Å². The first-order valence-corrected chi connectivity index (χ1v) is 8.79. The molecule has 0 spiro atoms. The Morgan fingerprint density at radius 1 is 0.952 bits per heavy atom. The number of aryl methyl sites for hydroxylation is 2. The Morgan fingerprint density at radius 2 is 1.57 bits per heavy atom. The van der Waals surface area contributed by atoms with Crippen molar-refractivity contribution in [3.05, 3.63) is 29.3 Å². The van der Waals surface area contributed by atoms with Gasteiger partial charge in [0, 0.05) is 12.2 Å². The van der Waals surface area contributed by atoms with Crippen molar-refractivity contribution in [1.82, 2.24) is 5.32 Å². The van der Waals surface area contributed by atoms with Crippen molar-refractivity contribution in [3.8, 4) is 0 Å². The highest BCUT2D eigenvalue weighted by Gasteiger charge is 2.07. The number of rotatable bonds is 9. The van der Waals surface area contributed by atoms with E-state index in [0.717, 1.165) is 24.5 Å². The maximum Gasteiger partial charge on any atom is 0.170 e. The van der Waals surface area contributed by atoms with Gasteiger partial charge in [0.1, 0.15) is 0 Å². The number of unbranched alkanes of at least 4 members (excludes halogenated alkanes) is 4. The van der Waals surface area contributed by atoms with Crippen LogP contribution in [0.1, 0.15) is 64.0 Å². The largest absolute Gasteiger partial charge is 0.362 e. The summed E-state index contributed by atoms with van der Waals surface area (Å²) >= 11 is 5.43. The molecular weight excluding hydrogens is 276 g/mol. The summed E-state index contributed by atoms with van der Waals surface area (Å²) in [6, 6.07) is 6.48. The minimum Gasteiger partial charge on any atom is -0.362 e. The molecule has 0 aliphatic rings. The first-order chi connectivity index (χ1) is 10.2. The van der Waals surface area contributed by atoms with Gasteiger partial charge in [-0.25, -0.2) is 0 Å². The van der Waals surface area contributed by atoms with Crippen LogP contribution in [0.3, 0.4) is 0 Å².